The highest BCUT2D eigenvalue weighted by Gasteiger charge is 2.25. The summed E-state index contributed by atoms with van der Waals surface area (Å²) >= 11 is 0. The molecule has 1 aliphatic carbocycles. The van der Waals surface area contributed by atoms with Crippen LogP contribution in [0.15, 0.2) is 36.4 Å². The van der Waals surface area contributed by atoms with Gasteiger partial charge in [-0.25, -0.2) is 0 Å². The van der Waals surface area contributed by atoms with Gasteiger partial charge in [0.25, 0.3) is 5.91 Å². The molecule has 0 radical (unpaired) electrons. The molecular weight excluding hydrogens is 272 g/mol. The maximum atomic E-state index is 12.0. The van der Waals surface area contributed by atoms with Crippen LogP contribution in [-0.4, -0.2) is 28.9 Å². The van der Waals surface area contributed by atoms with E-state index in [1.807, 2.05) is 0 Å². The minimum Gasteiger partial charge on any atom is -0.481 e. The largest absolute Gasteiger partial charge is 0.481 e. The van der Waals surface area contributed by atoms with Crippen molar-refractivity contribution in [3.63, 3.8) is 0 Å². The molecule has 0 spiro atoms. The van der Waals surface area contributed by atoms with Crippen LogP contribution in [0.1, 0.15) is 23.7 Å². The Hall–Kier alpha value is -2.63. The van der Waals surface area contributed by atoms with Crippen LogP contribution in [0.25, 0.3) is 0 Å². The second-order valence-electron chi connectivity index (χ2n) is 4.90. The van der Waals surface area contributed by atoms with Gasteiger partial charge in [0, 0.05) is 24.2 Å². The summed E-state index contributed by atoms with van der Waals surface area (Å²) in [7, 11) is 0. The summed E-state index contributed by atoms with van der Waals surface area (Å²) in [5.74, 6) is -1.88. The predicted octanol–water partition coefficient (Wildman–Crippen LogP) is 1.40. The third kappa shape index (κ3) is 3.92. The molecule has 0 bridgehead atoms. The molecule has 110 valence electrons. The van der Waals surface area contributed by atoms with Gasteiger partial charge in [-0.05, 0) is 30.7 Å². The van der Waals surface area contributed by atoms with Gasteiger partial charge >= 0.3 is 5.97 Å². The third-order valence-corrected chi connectivity index (χ3v) is 3.18. The molecule has 6 heteroatoms. The average molecular weight is 288 g/mol. The Morgan fingerprint density at radius 3 is 2.33 bits per heavy atom. The van der Waals surface area contributed by atoms with Crippen LogP contribution < -0.4 is 10.6 Å². The fourth-order valence-electron chi connectivity index (χ4n) is 2.15. The van der Waals surface area contributed by atoms with Crippen molar-refractivity contribution in [3.8, 4) is 0 Å². The van der Waals surface area contributed by atoms with E-state index in [2.05, 4.69) is 10.6 Å². The van der Waals surface area contributed by atoms with Crippen LogP contribution in [0.4, 0.5) is 5.69 Å². The van der Waals surface area contributed by atoms with Crippen molar-refractivity contribution in [1.29, 1.82) is 0 Å². The van der Waals surface area contributed by atoms with E-state index in [1.54, 1.807) is 36.4 Å². The first-order chi connectivity index (χ1) is 9.95. The Bertz CT molecular complexity index is 592. The fraction of sp³-hybridized carbons (Fsp3) is 0.267. The molecule has 1 aromatic carbocycles. The lowest BCUT2D eigenvalue weighted by molar-refractivity contribution is -0.140. The smallest absolute Gasteiger partial charge is 0.310 e. The van der Waals surface area contributed by atoms with Gasteiger partial charge < -0.3 is 15.7 Å². The SMILES string of the molecule is CC(=O)Nc1ccc(C(=O)NC2C=CC(C(=O)O)C2)cc1. The molecule has 0 heterocycles. The maximum Gasteiger partial charge on any atom is 0.310 e. The molecule has 0 fully saturated rings. The quantitative estimate of drug-likeness (QED) is 0.730. The predicted molar refractivity (Wildman–Crippen MR) is 76.9 cm³/mol. The van der Waals surface area contributed by atoms with E-state index in [9.17, 15) is 14.4 Å². The number of carbonyl (C=O) groups excluding carboxylic acids is 2. The number of hydrogen-bond donors (Lipinski definition) is 3. The molecule has 2 rings (SSSR count). The molecule has 0 saturated carbocycles. The zero-order valence-corrected chi connectivity index (χ0v) is 11.5. The molecule has 1 aliphatic rings. The third-order valence-electron chi connectivity index (χ3n) is 3.18. The summed E-state index contributed by atoms with van der Waals surface area (Å²) in [6.45, 7) is 1.41. The topological polar surface area (TPSA) is 95.5 Å². The first kappa shape index (κ1) is 14.8. The highest BCUT2D eigenvalue weighted by atomic mass is 16.4. The van der Waals surface area contributed by atoms with E-state index in [1.165, 1.54) is 6.92 Å². The van der Waals surface area contributed by atoms with Crippen molar-refractivity contribution in [2.45, 2.75) is 19.4 Å². The Labute approximate surface area is 121 Å². The van der Waals surface area contributed by atoms with Gasteiger partial charge in [-0.1, -0.05) is 12.2 Å². The molecule has 0 aromatic heterocycles. The Balaban J connectivity index is 1.94. The number of carboxylic acid groups (broad SMARTS) is 1. The van der Waals surface area contributed by atoms with Gasteiger partial charge in [0.2, 0.25) is 5.91 Å². The highest BCUT2D eigenvalue weighted by molar-refractivity contribution is 5.95. The summed E-state index contributed by atoms with van der Waals surface area (Å²) in [5, 5.41) is 14.3. The first-order valence-corrected chi connectivity index (χ1v) is 6.55. The molecule has 2 unspecified atom stereocenters. The first-order valence-electron chi connectivity index (χ1n) is 6.55. The molecule has 6 nitrogen and oxygen atoms in total. The summed E-state index contributed by atoms with van der Waals surface area (Å²) in [6.07, 6.45) is 3.65. The van der Waals surface area contributed by atoms with Gasteiger partial charge in [0.1, 0.15) is 0 Å². The Morgan fingerprint density at radius 2 is 1.81 bits per heavy atom. The van der Waals surface area contributed by atoms with E-state index in [0.29, 0.717) is 17.7 Å². The zero-order valence-electron chi connectivity index (χ0n) is 11.5. The van der Waals surface area contributed by atoms with Gasteiger partial charge in [-0.2, -0.15) is 0 Å². The second kappa shape index (κ2) is 6.21. The molecule has 2 atom stereocenters. The summed E-state index contributed by atoms with van der Waals surface area (Å²) in [5.41, 5.74) is 1.07. The number of anilines is 1. The minimum absolute atomic E-state index is 0.178. The lowest BCUT2D eigenvalue weighted by atomic mass is 10.1. The number of aliphatic carboxylic acids is 1. The molecule has 0 saturated heterocycles. The number of rotatable bonds is 4. The van der Waals surface area contributed by atoms with Crippen molar-refractivity contribution in [3.05, 3.63) is 42.0 Å². The van der Waals surface area contributed by atoms with Crippen LogP contribution in [0.5, 0.6) is 0 Å². The molecule has 21 heavy (non-hydrogen) atoms. The van der Waals surface area contributed by atoms with Crippen molar-refractivity contribution in [1.82, 2.24) is 5.32 Å². The number of carbonyl (C=O) groups is 3. The number of nitrogens with one attached hydrogen (secondary N) is 2. The van der Waals surface area contributed by atoms with Gasteiger partial charge in [-0.15, -0.1) is 0 Å². The van der Waals surface area contributed by atoms with Crippen LogP contribution in [0.2, 0.25) is 0 Å². The number of hydrogen-bond acceptors (Lipinski definition) is 3. The van der Waals surface area contributed by atoms with Gasteiger partial charge in [0.05, 0.1) is 5.92 Å². The molecule has 1 aromatic rings. The molecule has 3 N–H and O–H groups in total. The summed E-state index contributed by atoms with van der Waals surface area (Å²) < 4.78 is 0. The Morgan fingerprint density at radius 1 is 1.14 bits per heavy atom. The monoisotopic (exact) mass is 288 g/mol. The van der Waals surface area contributed by atoms with Crippen molar-refractivity contribution < 1.29 is 19.5 Å². The van der Waals surface area contributed by atoms with E-state index >= 15 is 0 Å². The molecule has 0 aliphatic heterocycles. The maximum absolute atomic E-state index is 12.0. The Kier molecular flexibility index (Phi) is 4.37. The second-order valence-corrected chi connectivity index (χ2v) is 4.90. The van der Waals surface area contributed by atoms with Crippen LogP contribution >= 0.6 is 0 Å². The summed E-state index contributed by atoms with van der Waals surface area (Å²) in [4.78, 5) is 33.8. The average Bonchev–Trinajstić information content (AvgIpc) is 2.87. The standard InChI is InChI=1S/C15H16N2O4/c1-9(18)16-12-5-2-10(3-6-12)14(19)17-13-7-4-11(8-13)15(20)21/h2-7,11,13H,8H2,1H3,(H,16,18)(H,17,19)(H,20,21). The van der Waals surface area contributed by atoms with Crippen LogP contribution in [0.3, 0.4) is 0 Å². The van der Waals surface area contributed by atoms with E-state index in [-0.39, 0.29) is 17.9 Å². The number of amides is 2. The molecule has 2 amide bonds. The highest BCUT2D eigenvalue weighted by Crippen LogP contribution is 2.18. The summed E-state index contributed by atoms with van der Waals surface area (Å²) in [6, 6.07) is 6.22. The van der Waals surface area contributed by atoms with Gasteiger partial charge in [-0.3, -0.25) is 14.4 Å². The van der Waals surface area contributed by atoms with Crippen molar-refractivity contribution in [2.75, 3.05) is 5.32 Å². The normalized spacial score (nSPS) is 20.0. The van der Waals surface area contributed by atoms with Crippen molar-refractivity contribution in [2.24, 2.45) is 5.92 Å². The zero-order chi connectivity index (χ0) is 15.4. The van der Waals surface area contributed by atoms with E-state index < -0.39 is 11.9 Å². The van der Waals surface area contributed by atoms with Gasteiger partial charge in [0.15, 0.2) is 0 Å². The van der Waals surface area contributed by atoms with Crippen LogP contribution in [0, 0.1) is 5.92 Å². The van der Waals surface area contributed by atoms with Crippen LogP contribution in [-0.2, 0) is 9.59 Å². The van der Waals surface area contributed by atoms with E-state index in [0.717, 1.165) is 0 Å². The molecular formula is C15H16N2O4. The number of carboxylic acids is 1. The number of benzene rings is 1. The lowest BCUT2D eigenvalue weighted by Gasteiger charge is -2.12. The minimum atomic E-state index is -0.886. The van der Waals surface area contributed by atoms with Crippen molar-refractivity contribution >= 4 is 23.5 Å². The van der Waals surface area contributed by atoms with E-state index in [4.69, 9.17) is 5.11 Å². The lowest BCUT2D eigenvalue weighted by Crippen LogP contribution is -2.33. The fourth-order valence-corrected chi connectivity index (χ4v) is 2.15.